The molecule has 0 spiro atoms. The first-order chi connectivity index (χ1) is 15.0. The summed E-state index contributed by atoms with van der Waals surface area (Å²) >= 11 is 0. The molecule has 0 bridgehead atoms. The van der Waals surface area contributed by atoms with Gasteiger partial charge in [-0.25, -0.2) is 4.79 Å². The molecular weight excluding hydrogens is 394 g/mol. The van der Waals surface area contributed by atoms with Crippen LogP contribution in [0.15, 0.2) is 66.7 Å². The predicted octanol–water partition coefficient (Wildman–Crippen LogP) is 4.29. The lowest BCUT2D eigenvalue weighted by atomic mass is 10.00. The van der Waals surface area contributed by atoms with Gasteiger partial charge >= 0.3 is 5.97 Å². The number of methoxy groups -OCH3 is 2. The van der Waals surface area contributed by atoms with Crippen molar-refractivity contribution in [3.63, 3.8) is 0 Å². The second-order valence-corrected chi connectivity index (χ2v) is 6.91. The molecule has 0 heterocycles. The highest BCUT2D eigenvalue weighted by molar-refractivity contribution is 5.90. The number of hydrogen-bond acceptors (Lipinski definition) is 5. The monoisotopic (exact) mass is 419 g/mol. The van der Waals surface area contributed by atoms with Gasteiger partial charge < -0.3 is 19.5 Å². The number of nitrogens with one attached hydrogen (secondary N) is 1. The SMILES string of the molecule is COc1ccc(/C=C/C(=O)OCC(=O)N[C@@H](C)c2cccc3ccccc23)cc1OC. The van der Waals surface area contributed by atoms with E-state index in [1.54, 1.807) is 31.4 Å². The van der Waals surface area contributed by atoms with Crippen LogP contribution in [0, 0.1) is 0 Å². The first-order valence-corrected chi connectivity index (χ1v) is 9.85. The molecule has 0 saturated carbocycles. The number of hydrogen-bond donors (Lipinski definition) is 1. The number of esters is 1. The molecule has 0 unspecified atom stereocenters. The van der Waals surface area contributed by atoms with Gasteiger partial charge in [-0.2, -0.15) is 0 Å². The highest BCUT2D eigenvalue weighted by Gasteiger charge is 2.13. The van der Waals surface area contributed by atoms with Crippen LogP contribution in [0.2, 0.25) is 0 Å². The number of carbonyl (C=O) groups excluding carboxylic acids is 2. The quantitative estimate of drug-likeness (QED) is 0.436. The molecule has 0 saturated heterocycles. The molecule has 0 aliphatic heterocycles. The van der Waals surface area contributed by atoms with Crippen LogP contribution >= 0.6 is 0 Å². The molecule has 1 amide bonds. The van der Waals surface area contributed by atoms with Crippen molar-refractivity contribution < 1.29 is 23.8 Å². The summed E-state index contributed by atoms with van der Waals surface area (Å²) in [6.45, 7) is 1.54. The molecule has 0 fully saturated rings. The van der Waals surface area contributed by atoms with Gasteiger partial charge in [0.25, 0.3) is 5.91 Å². The summed E-state index contributed by atoms with van der Waals surface area (Å²) in [5.74, 6) is 0.176. The molecule has 0 aliphatic rings. The number of amides is 1. The fraction of sp³-hybridized carbons (Fsp3) is 0.200. The summed E-state index contributed by atoms with van der Waals surface area (Å²) in [5.41, 5.74) is 1.75. The number of ether oxygens (including phenoxy) is 3. The largest absolute Gasteiger partial charge is 0.493 e. The highest BCUT2D eigenvalue weighted by atomic mass is 16.5. The first kappa shape index (κ1) is 21.9. The highest BCUT2D eigenvalue weighted by Crippen LogP contribution is 2.28. The molecule has 1 atom stereocenters. The summed E-state index contributed by atoms with van der Waals surface area (Å²) in [6.07, 6.45) is 2.85. The van der Waals surface area contributed by atoms with Gasteiger partial charge in [-0.05, 0) is 47.0 Å². The van der Waals surface area contributed by atoms with E-state index in [4.69, 9.17) is 14.2 Å². The maximum Gasteiger partial charge on any atom is 0.331 e. The molecule has 0 aliphatic carbocycles. The zero-order chi connectivity index (χ0) is 22.2. The van der Waals surface area contributed by atoms with Crippen molar-refractivity contribution >= 4 is 28.7 Å². The Kier molecular flexibility index (Phi) is 7.27. The minimum atomic E-state index is -0.609. The van der Waals surface area contributed by atoms with E-state index in [-0.39, 0.29) is 18.6 Å². The van der Waals surface area contributed by atoms with E-state index in [0.29, 0.717) is 11.5 Å². The van der Waals surface area contributed by atoms with Crippen LogP contribution in [-0.2, 0) is 14.3 Å². The summed E-state index contributed by atoms with van der Waals surface area (Å²) in [5, 5.41) is 5.06. The predicted molar refractivity (Wildman–Crippen MR) is 120 cm³/mol. The lowest BCUT2D eigenvalue weighted by Crippen LogP contribution is -2.31. The molecule has 6 heteroatoms. The molecular formula is C25H25NO5. The van der Waals surface area contributed by atoms with Gasteiger partial charge in [0.2, 0.25) is 0 Å². The normalized spacial score (nSPS) is 11.8. The van der Waals surface area contributed by atoms with Crippen LogP contribution < -0.4 is 14.8 Å². The number of benzene rings is 3. The minimum absolute atomic E-state index is 0.223. The van der Waals surface area contributed by atoms with Crippen molar-refractivity contribution in [2.24, 2.45) is 0 Å². The average molecular weight is 419 g/mol. The van der Waals surface area contributed by atoms with Crippen molar-refractivity contribution in [1.82, 2.24) is 5.32 Å². The third-order valence-corrected chi connectivity index (χ3v) is 4.83. The fourth-order valence-electron chi connectivity index (χ4n) is 3.29. The number of rotatable bonds is 8. The Morgan fingerprint density at radius 2 is 1.71 bits per heavy atom. The van der Waals surface area contributed by atoms with Gasteiger partial charge in [0, 0.05) is 6.08 Å². The van der Waals surface area contributed by atoms with Gasteiger partial charge in [-0.3, -0.25) is 4.79 Å². The molecule has 1 N–H and O–H groups in total. The third-order valence-electron chi connectivity index (χ3n) is 4.83. The van der Waals surface area contributed by atoms with Gasteiger partial charge in [-0.1, -0.05) is 48.5 Å². The van der Waals surface area contributed by atoms with Crippen molar-refractivity contribution in [1.29, 1.82) is 0 Å². The summed E-state index contributed by atoms with van der Waals surface area (Å²) < 4.78 is 15.5. The molecule has 6 nitrogen and oxygen atoms in total. The van der Waals surface area contributed by atoms with Crippen LogP contribution in [0.1, 0.15) is 24.1 Å². The van der Waals surface area contributed by atoms with E-state index in [9.17, 15) is 9.59 Å². The van der Waals surface area contributed by atoms with E-state index in [0.717, 1.165) is 21.9 Å². The molecule has 3 rings (SSSR count). The van der Waals surface area contributed by atoms with Crippen LogP contribution in [0.4, 0.5) is 0 Å². The maximum absolute atomic E-state index is 12.3. The third kappa shape index (κ3) is 5.63. The van der Waals surface area contributed by atoms with Gasteiger partial charge in [0.05, 0.1) is 20.3 Å². The lowest BCUT2D eigenvalue weighted by molar-refractivity contribution is -0.144. The molecule has 3 aromatic carbocycles. The molecule has 3 aromatic rings. The Balaban J connectivity index is 1.54. The van der Waals surface area contributed by atoms with Crippen molar-refractivity contribution in [2.45, 2.75) is 13.0 Å². The van der Waals surface area contributed by atoms with E-state index in [1.165, 1.54) is 13.2 Å². The second kappa shape index (κ2) is 10.3. The Morgan fingerprint density at radius 1 is 0.968 bits per heavy atom. The number of carbonyl (C=O) groups is 2. The Hall–Kier alpha value is -3.80. The van der Waals surface area contributed by atoms with Gasteiger partial charge in [-0.15, -0.1) is 0 Å². The Morgan fingerprint density at radius 3 is 2.48 bits per heavy atom. The minimum Gasteiger partial charge on any atom is -0.493 e. The van der Waals surface area contributed by atoms with E-state index in [2.05, 4.69) is 5.32 Å². The van der Waals surface area contributed by atoms with Gasteiger partial charge in [0.1, 0.15) is 0 Å². The standard InChI is InChI=1S/C25H25NO5/c1-17(20-10-6-8-19-7-4-5-9-21(19)20)26-24(27)16-31-25(28)14-12-18-11-13-22(29-2)23(15-18)30-3/h4-15,17H,16H2,1-3H3,(H,26,27)/b14-12+/t17-/m0/s1. The topological polar surface area (TPSA) is 73.9 Å². The van der Waals surface area contributed by atoms with E-state index >= 15 is 0 Å². The Bertz CT molecular complexity index is 1100. The molecule has 160 valence electrons. The first-order valence-electron chi connectivity index (χ1n) is 9.85. The van der Waals surface area contributed by atoms with Crippen molar-refractivity contribution in [3.05, 3.63) is 77.9 Å². The summed E-state index contributed by atoms with van der Waals surface area (Å²) in [6, 6.07) is 19.0. The van der Waals surface area contributed by atoms with Gasteiger partial charge in [0.15, 0.2) is 18.1 Å². The van der Waals surface area contributed by atoms with Crippen LogP contribution in [-0.4, -0.2) is 32.7 Å². The second-order valence-electron chi connectivity index (χ2n) is 6.91. The fourth-order valence-corrected chi connectivity index (χ4v) is 3.29. The molecule has 31 heavy (non-hydrogen) atoms. The van der Waals surface area contributed by atoms with E-state index in [1.807, 2.05) is 49.4 Å². The molecule has 0 aromatic heterocycles. The van der Waals surface area contributed by atoms with Crippen LogP contribution in [0.25, 0.3) is 16.8 Å². The van der Waals surface area contributed by atoms with Crippen LogP contribution in [0.3, 0.4) is 0 Å². The molecule has 0 radical (unpaired) electrons. The maximum atomic E-state index is 12.3. The average Bonchev–Trinajstić information content (AvgIpc) is 2.80. The van der Waals surface area contributed by atoms with Crippen LogP contribution in [0.5, 0.6) is 11.5 Å². The number of fused-ring (bicyclic) bond motifs is 1. The van der Waals surface area contributed by atoms with E-state index < -0.39 is 5.97 Å². The summed E-state index contributed by atoms with van der Waals surface area (Å²) in [4.78, 5) is 24.2. The smallest absolute Gasteiger partial charge is 0.331 e. The van der Waals surface area contributed by atoms with Crippen molar-refractivity contribution in [3.8, 4) is 11.5 Å². The zero-order valence-corrected chi connectivity index (χ0v) is 17.8. The lowest BCUT2D eigenvalue weighted by Gasteiger charge is -2.16. The zero-order valence-electron chi connectivity index (χ0n) is 17.8. The Labute approximate surface area is 181 Å². The van der Waals surface area contributed by atoms with Crippen molar-refractivity contribution in [2.75, 3.05) is 20.8 Å². The summed E-state index contributed by atoms with van der Waals surface area (Å²) in [7, 11) is 3.09.